The molecule has 0 saturated carbocycles. The molecular formula is C9H19NO2. The van der Waals surface area contributed by atoms with Crippen molar-refractivity contribution in [2.45, 2.75) is 38.4 Å². The van der Waals surface area contributed by atoms with Gasteiger partial charge in [0.15, 0.2) is 0 Å². The first-order valence-corrected chi connectivity index (χ1v) is 4.46. The van der Waals surface area contributed by atoms with Gasteiger partial charge in [0, 0.05) is 6.42 Å². The van der Waals surface area contributed by atoms with Gasteiger partial charge in [-0.3, -0.25) is 0 Å². The van der Waals surface area contributed by atoms with Crippen LogP contribution in [-0.4, -0.2) is 29.5 Å². The molecule has 72 valence electrons. The molecule has 0 aromatic rings. The fourth-order valence-electron chi connectivity index (χ4n) is 1.70. The van der Waals surface area contributed by atoms with Crippen LogP contribution in [0.4, 0.5) is 0 Å². The van der Waals surface area contributed by atoms with E-state index in [1.165, 1.54) is 0 Å². The van der Waals surface area contributed by atoms with Gasteiger partial charge in [0.05, 0.1) is 17.8 Å². The minimum Gasteiger partial charge on any atom is -0.387 e. The van der Waals surface area contributed by atoms with Crippen LogP contribution in [0.15, 0.2) is 0 Å². The summed E-state index contributed by atoms with van der Waals surface area (Å²) in [6, 6.07) is 0. The Morgan fingerprint density at radius 3 is 2.50 bits per heavy atom. The Labute approximate surface area is 73.9 Å². The third-order valence-electron chi connectivity index (χ3n) is 2.72. The summed E-state index contributed by atoms with van der Waals surface area (Å²) in [5, 5.41) is 10.1. The van der Waals surface area contributed by atoms with Crippen LogP contribution in [0.25, 0.3) is 0 Å². The Morgan fingerprint density at radius 2 is 2.17 bits per heavy atom. The SMILES string of the molecule is CC(CN)C1(O)COC(C)(C)C1. The lowest BCUT2D eigenvalue weighted by atomic mass is 9.83. The summed E-state index contributed by atoms with van der Waals surface area (Å²) in [4.78, 5) is 0. The number of rotatable bonds is 2. The average Bonchev–Trinajstić information content (AvgIpc) is 2.25. The predicted octanol–water partition coefficient (Wildman–Crippen LogP) is 0.511. The normalized spacial score (nSPS) is 36.8. The van der Waals surface area contributed by atoms with E-state index in [0.29, 0.717) is 19.6 Å². The van der Waals surface area contributed by atoms with Gasteiger partial charge in [0.25, 0.3) is 0 Å². The minimum absolute atomic E-state index is 0.110. The molecule has 0 radical (unpaired) electrons. The summed E-state index contributed by atoms with van der Waals surface area (Å²) in [7, 11) is 0. The highest BCUT2D eigenvalue weighted by Gasteiger charge is 2.45. The van der Waals surface area contributed by atoms with Gasteiger partial charge in [0.1, 0.15) is 0 Å². The molecule has 1 aliphatic heterocycles. The van der Waals surface area contributed by atoms with Crippen molar-refractivity contribution in [3.05, 3.63) is 0 Å². The standard InChI is InChI=1S/C9H19NO2/c1-7(4-10)9(11)5-8(2,3)12-6-9/h7,11H,4-6,10H2,1-3H3. The van der Waals surface area contributed by atoms with E-state index in [1.54, 1.807) is 0 Å². The van der Waals surface area contributed by atoms with Gasteiger partial charge in [-0.15, -0.1) is 0 Å². The van der Waals surface area contributed by atoms with Crippen molar-refractivity contribution in [2.24, 2.45) is 11.7 Å². The van der Waals surface area contributed by atoms with E-state index >= 15 is 0 Å². The predicted molar refractivity (Wildman–Crippen MR) is 47.8 cm³/mol. The van der Waals surface area contributed by atoms with E-state index < -0.39 is 5.60 Å². The lowest BCUT2D eigenvalue weighted by Gasteiger charge is -2.28. The summed E-state index contributed by atoms with van der Waals surface area (Å²) in [5.74, 6) is 0.110. The quantitative estimate of drug-likeness (QED) is 0.639. The molecule has 0 aliphatic carbocycles. The van der Waals surface area contributed by atoms with E-state index in [9.17, 15) is 5.11 Å². The summed E-state index contributed by atoms with van der Waals surface area (Å²) in [6.07, 6.45) is 0.679. The van der Waals surface area contributed by atoms with Gasteiger partial charge in [-0.1, -0.05) is 6.92 Å². The van der Waals surface area contributed by atoms with E-state index in [2.05, 4.69) is 0 Å². The summed E-state index contributed by atoms with van der Waals surface area (Å²) < 4.78 is 5.47. The topological polar surface area (TPSA) is 55.5 Å². The van der Waals surface area contributed by atoms with Crippen LogP contribution >= 0.6 is 0 Å². The van der Waals surface area contributed by atoms with Crippen molar-refractivity contribution < 1.29 is 9.84 Å². The molecule has 2 unspecified atom stereocenters. The van der Waals surface area contributed by atoms with Crippen molar-refractivity contribution in [2.75, 3.05) is 13.2 Å². The molecule has 0 amide bonds. The smallest absolute Gasteiger partial charge is 0.0944 e. The van der Waals surface area contributed by atoms with Crippen LogP contribution in [0.5, 0.6) is 0 Å². The third kappa shape index (κ3) is 1.79. The summed E-state index contributed by atoms with van der Waals surface area (Å²) in [5.41, 5.74) is 4.60. The van der Waals surface area contributed by atoms with Crippen LogP contribution in [0.2, 0.25) is 0 Å². The molecule has 0 aromatic heterocycles. The molecule has 0 bridgehead atoms. The van der Waals surface area contributed by atoms with Gasteiger partial charge < -0.3 is 15.6 Å². The minimum atomic E-state index is -0.710. The Kier molecular flexibility index (Phi) is 2.47. The number of ether oxygens (including phenoxy) is 1. The molecule has 3 heteroatoms. The highest BCUT2D eigenvalue weighted by atomic mass is 16.5. The highest BCUT2D eigenvalue weighted by molar-refractivity contribution is 4.96. The number of aliphatic hydroxyl groups is 1. The molecule has 1 saturated heterocycles. The fourth-order valence-corrected chi connectivity index (χ4v) is 1.70. The first-order chi connectivity index (χ1) is 5.40. The van der Waals surface area contributed by atoms with E-state index in [0.717, 1.165) is 0 Å². The molecule has 1 aliphatic rings. The number of hydrogen-bond donors (Lipinski definition) is 2. The Bertz CT molecular complexity index is 170. The molecule has 2 atom stereocenters. The summed E-state index contributed by atoms with van der Waals surface area (Å²) >= 11 is 0. The first kappa shape index (κ1) is 9.96. The monoisotopic (exact) mass is 173 g/mol. The lowest BCUT2D eigenvalue weighted by molar-refractivity contribution is -0.0224. The van der Waals surface area contributed by atoms with Gasteiger partial charge >= 0.3 is 0 Å². The molecule has 3 nitrogen and oxygen atoms in total. The molecule has 1 fully saturated rings. The zero-order valence-corrected chi connectivity index (χ0v) is 8.13. The van der Waals surface area contributed by atoms with E-state index in [-0.39, 0.29) is 11.5 Å². The fraction of sp³-hybridized carbons (Fsp3) is 1.00. The highest BCUT2D eigenvalue weighted by Crippen LogP contribution is 2.36. The second kappa shape index (κ2) is 2.98. The van der Waals surface area contributed by atoms with Gasteiger partial charge in [0.2, 0.25) is 0 Å². The van der Waals surface area contributed by atoms with Crippen LogP contribution in [0.3, 0.4) is 0 Å². The molecule has 12 heavy (non-hydrogen) atoms. The molecule has 0 spiro atoms. The van der Waals surface area contributed by atoms with Gasteiger partial charge in [-0.2, -0.15) is 0 Å². The molecule has 1 heterocycles. The van der Waals surface area contributed by atoms with Crippen molar-refractivity contribution in [3.63, 3.8) is 0 Å². The summed E-state index contributed by atoms with van der Waals surface area (Å²) in [6.45, 7) is 6.88. The van der Waals surface area contributed by atoms with E-state index in [1.807, 2.05) is 20.8 Å². The zero-order chi connectivity index (χ0) is 9.41. The van der Waals surface area contributed by atoms with E-state index in [4.69, 9.17) is 10.5 Å². The Hall–Kier alpha value is -0.120. The van der Waals surface area contributed by atoms with Crippen molar-refractivity contribution >= 4 is 0 Å². The largest absolute Gasteiger partial charge is 0.387 e. The van der Waals surface area contributed by atoms with Crippen molar-refractivity contribution in [3.8, 4) is 0 Å². The van der Waals surface area contributed by atoms with Crippen LogP contribution in [0.1, 0.15) is 27.2 Å². The van der Waals surface area contributed by atoms with Crippen LogP contribution in [-0.2, 0) is 4.74 Å². The second-order valence-corrected chi connectivity index (χ2v) is 4.47. The van der Waals surface area contributed by atoms with Gasteiger partial charge in [-0.05, 0) is 26.3 Å². The second-order valence-electron chi connectivity index (χ2n) is 4.47. The zero-order valence-electron chi connectivity index (χ0n) is 8.13. The molecular weight excluding hydrogens is 154 g/mol. The Morgan fingerprint density at radius 1 is 1.58 bits per heavy atom. The maximum Gasteiger partial charge on any atom is 0.0944 e. The van der Waals surface area contributed by atoms with Crippen molar-refractivity contribution in [1.82, 2.24) is 0 Å². The molecule has 0 aromatic carbocycles. The Balaban J connectivity index is 2.64. The maximum absolute atomic E-state index is 10.1. The number of nitrogens with two attached hydrogens (primary N) is 1. The average molecular weight is 173 g/mol. The van der Waals surface area contributed by atoms with Crippen molar-refractivity contribution in [1.29, 1.82) is 0 Å². The third-order valence-corrected chi connectivity index (χ3v) is 2.72. The lowest BCUT2D eigenvalue weighted by Crippen LogP contribution is -2.41. The maximum atomic E-state index is 10.1. The molecule has 1 rings (SSSR count). The van der Waals surface area contributed by atoms with Gasteiger partial charge in [-0.25, -0.2) is 0 Å². The van der Waals surface area contributed by atoms with Crippen LogP contribution < -0.4 is 5.73 Å². The molecule has 3 N–H and O–H groups in total. The number of hydrogen-bond acceptors (Lipinski definition) is 3. The van der Waals surface area contributed by atoms with Crippen LogP contribution in [0, 0.1) is 5.92 Å². The first-order valence-electron chi connectivity index (χ1n) is 4.46.